The molecule has 4 N–H and O–H groups in total. The quantitative estimate of drug-likeness (QED) is 0.0315. The number of alkyl halides is 3. The van der Waals surface area contributed by atoms with Gasteiger partial charge < -0.3 is 40.4 Å². The maximum absolute atomic E-state index is 10.7. The molecule has 0 saturated carbocycles. The number of benzene rings is 3. The number of carbonyl (C=O) groups is 1. The summed E-state index contributed by atoms with van der Waals surface area (Å²) in [6, 6.07) is 25.9. The van der Waals surface area contributed by atoms with E-state index >= 15 is 0 Å². The highest BCUT2D eigenvalue weighted by Gasteiger charge is 2.13. The number of amides is 1. The summed E-state index contributed by atoms with van der Waals surface area (Å²) in [5.74, 6) is 1.99. The summed E-state index contributed by atoms with van der Waals surface area (Å²) < 4.78 is 1.14. The Labute approximate surface area is 381 Å². The first-order chi connectivity index (χ1) is 28.9. The van der Waals surface area contributed by atoms with Crippen LogP contribution in [-0.4, -0.2) is 122 Å². The third-order valence-electron chi connectivity index (χ3n) is 10.2. The molecule has 3 aromatic rings. The second-order valence-corrected chi connectivity index (χ2v) is 17.3. The zero-order valence-corrected chi connectivity index (χ0v) is 40.9. The fourth-order valence-corrected chi connectivity index (χ4v) is 6.94. The van der Waals surface area contributed by atoms with Gasteiger partial charge in [-0.15, -0.1) is 34.8 Å². The van der Waals surface area contributed by atoms with Gasteiger partial charge >= 0.3 is 0 Å². The van der Waals surface area contributed by atoms with Crippen LogP contribution in [0.25, 0.3) is 0 Å². The highest BCUT2D eigenvalue weighted by Crippen LogP contribution is 2.16. The van der Waals surface area contributed by atoms with Crippen molar-refractivity contribution >= 4 is 57.8 Å². The van der Waals surface area contributed by atoms with E-state index in [-0.39, 0.29) is 5.91 Å². The van der Waals surface area contributed by atoms with Crippen molar-refractivity contribution in [3.63, 3.8) is 0 Å². The number of carbonyl (C=O) groups excluding carboxylic acids is 1. The predicted molar refractivity (Wildman–Crippen MR) is 266 cm³/mol. The van der Waals surface area contributed by atoms with Crippen LogP contribution in [0.1, 0.15) is 76.0 Å². The van der Waals surface area contributed by atoms with Gasteiger partial charge in [0.15, 0.2) is 0 Å². The minimum Gasteiger partial charge on any atom is -0.373 e. The molecule has 0 atom stereocenters. The van der Waals surface area contributed by atoms with Gasteiger partial charge in [0.05, 0.1) is 27.2 Å². The first-order valence-corrected chi connectivity index (χ1v) is 23.8. The molecule has 0 aliphatic heterocycles. The van der Waals surface area contributed by atoms with E-state index in [1.54, 1.807) is 0 Å². The van der Waals surface area contributed by atoms with Gasteiger partial charge in [0.1, 0.15) is 0 Å². The molecule has 12 heteroatoms. The van der Waals surface area contributed by atoms with Gasteiger partial charge in [-0.25, -0.2) is 0 Å². The maximum Gasteiger partial charge on any atom is 0.216 e. The zero-order valence-electron chi connectivity index (χ0n) is 38.6. The number of anilines is 3. The first-order valence-electron chi connectivity index (χ1n) is 22.2. The number of nitrogens with zero attached hydrogens (tertiary/aromatic N) is 4. The minimum absolute atomic E-state index is 0.0293. The van der Waals surface area contributed by atoms with Crippen molar-refractivity contribution in [3.05, 3.63) is 89.5 Å². The molecule has 0 unspecified atom stereocenters. The van der Waals surface area contributed by atoms with Crippen LogP contribution in [0.15, 0.2) is 72.8 Å². The predicted octanol–water partition coefficient (Wildman–Crippen LogP) is 8.95. The molecule has 0 spiro atoms. The van der Waals surface area contributed by atoms with E-state index in [4.69, 9.17) is 34.8 Å². The molecule has 60 heavy (non-hydrogen) atoms. The number of unbranched alkanes of at least 4 members (excludes halogenated alkanes) is 2. The Morgan fingerprint density at radius 3 is 1.18 bits per heavy atom. The topological polar surface area (TPSA) is 74.9 Å². The van der Waals surface area contributed by atoms with Crippen molar-refractivity contribution in [3.8, 4) is 0 Å². The van der Waals surface area contributed by atoms with E-state index in [0.717, 1.165) is 76.4 Å². The average Bonchev–Trinajstić information content (AvgIpc) is 3.24. The third-order valence-corrected chi connectivity index (χ3v) is 10.7. The molecule has 340 valence electrons. The summed E-state index contributed by atoms with van der Waals surface area (Å²) in [4.78, 5) is 17.2. The molecular weight excluding hydrogens is 811 g/mol. The molecule has 1 amide bonds. The minimum atomic E-state index is 0.0293. The molecule has 0 heterocycles. The van der Waals surface area contributed by atoms with Crippen molar-refractivity contribution in [1.82, 2.24) is 21.3 Å². The van der Waals surface area contributed by atoms with Crippen molar-refractivity contribution in [2.75, 3.05) is 126 Å². The lowest BCUT2D eigenvalue weighted by Crippen LogP contribution is -2.42. The molecule has 0 bridgehead atoms. The lowest BCUT2D eigenvalue weighted by atomic mass is 10.2. The van der Waals surface area contributed by atoms with E-state index in [9.17, 15) is 4.79 Å². The largest absolute Gasteiger partial charge is 0.373 e. The molecule has 0 aliphatic rings. The van der Waals surface area contributed by atoms with E-state index in [1.807, 2.05) is 7.05 Å². The van der Waals surface area contributed by atoms with Crippen molar-refractivity contribution in [2.24, 2.45) is 0 Å². The van der Waals surface area contributed by atoms with E-state index in [0.29, 0.717) is 17.6 Å². The summed E-state index contributed by atoms with van der Waals surface area (Å²) >= 11 is 17.2. The molecule has 3 rings (SSSR count). The number of nitrogens with one attached hydrogen (secondary N) is 4. The Morgan fingerprint density at radius 1 is 0.517 bits per heavy atom. The smallest absolute Gasteiger partial charge is 0.216 e. The van der Waals surface area contributed by atoms with E-state index in [2.05, 4.69) is 151 Å². The Bertz CT molecular complexity index is 1460. The summed E-state index contributed by atoms with van der Waals surface area (Å²) in [5.41, 5.74) is 7.57. The van der Waals surface area contributed by atoms with Crippen LogP contribution in [0.5, 0.6) is 0 Å². The van der Waals surface area contributed by atoms with Crippen LogP contribution in [-0.2, 0) is 24.4 Å². The highest BCUT2D eigenvalue weighted by atomic mass is 35.5. The second-order valence-electron chi connectivity index (χ2n) is 16.1. The average molecular weight is 894 g/mol. The van der Waals surface area contributed by atoms with E-state index in [1.165, 1.54) is 85.9 Å². The fraction of sp³-hybridized carbons (Fsp3) is 0.604. The molecule has 0 radical (unpaired) electrons. The Hall–Kier alpha value is -2.76. The first kappa shape index (κ1) is 55.3. The van der Waals surface area contributed by atoms with Gasteiger partial charge in [-0.3, -0.25) is 4.79 Å². The van der Waals surface area contributed by atoms with Crippen molar-refractivity contribution < 1.29 is 9.28 Å². The van der Waals surface area contributed by atoms with Gasteiger partial charge in [0.25, 0.3) is 0 Å². The van der Waals surface area contributed by atoms with Gasteiger partial charge in [0, 0.05) is 122 Å². The van der Waals surface area contributed by atoms with Gasteiger partial charge in [0.2, 0.25) is 5.91 Å². The van der Waals surface area contributed by atoms with Crippen LogP contribution >= 0.6 is 34.8 Å². The van der Waals surface area contributed by atoms with Crippen LogP contribution in [0, 0.1) is 0 Å². The van der Waals surface area contributed by atoms with Gasteiger partial charge in [-0.2, -0.15) is 0 Å². The molecule has 9 nitrogen and oxygen atoms in total. The number of halogens is 3. The van der Waals surface area contributed by atoms with Crippen LogP contribution in [0.3, 0.4) is 0 Å². The number of quaternary nitrogens is 1. The SMILES string of the molecule is CC(=O)NCCCNCc1ccc(N(C)CCCl)cc1.CCCCNCc1ccc(N(C)CCCl)cc1.CCCC[N+](C)(C)CCCNCc1ccc(N(C)CCCl)cc1. The van der Waals surface area contributed by atoms with Crippen molar-refractivity contribution in [2.45, 2.75) is 78.9 Å². The van der Waals surface area contributed by atoms with E-state index < -0.39 is 0 Å². The lowest BCUT2D eigenvalue weighted by Gasteiger charge is -2.29. The summed E-state index contributed by atoms with van der Waals surface area (Å²) in [6.45, 7) is 17.7. The monoisotopic (exact) mass is 892 g/mol. The molecule has 3 aromatic carbocycles. The highest BCUT2D eigenvalue weighted by molar-refractivity contribution is 6.18. The molecule has 0 aliphatic carbocycles. The fourth-order valence-electron chi connectivity index (χ4n) is 6.18. The van der Waals surface area contributed by atoms with Crippen LogP contribution in [0.2, 0.25) is 0 Å². The number of rotatable bonds is 29. The number of hydrogen-bond donors (Lipinski definition) is 4. The second kappa shape index (κ2) is 34.8. The Balaban J connectivity index is 0.000000455. The number of hydrogen-bond acceptors (Lipinski definition) is 7. The van der Waals surface area contributed by atoms with Crippen LogP contribution < -0.4 is 36.0 Å². The molecular formula is C48H82Cl3N8O+. The third kappa shape index (κ3) is 27.2. The van der Waals surface area contributed by atoms with Crippen LogP contribution in [0.4, 0.5) is 17.1 Å². The summed E-state index contributed by atoms with van der Waals surface area (Å²) in [6.07, 6.45) is 7.27. The Kier molecular flexibility index (Phi) is 32.0. The Morgan fingerprint density at radius 2 is 0.850 bits per heavy atom. The standard InChI is InChI=1S/C19H35ClN3.C15H24ClN3O.C14H23ClN2/c1-5-6-15-23(3,4)16-7-13-21-17-18-8-10-19(11-9-18)22(2)14-12-20;1-13(20)18-10-3-9-17-12-14-4-6-15(7-5-14)19(2)11-8-16;1-3-4-10-16-12-13-5-7-14(8-6-13)17(2)11-9-15/h8-11,21H,5-7,12-17H2,1-4H3;4-7,17H,3,8-12H2,1-2H3,(H,18,20);5-8,16H,3-4,9-12H2,1-2H3/q+1;;. The molecule has 0 aromatic heterocycles. The van der Waals surface area contributed by atoms with Gasteiger partial charge in [-0.05, 0) is 85.4 Å². The summed E-state index contributed by atoms with van der Waals surface area (Å²) in [5, 5.41) is 13.1. The van der Waals surface area contributed by atoms with Gasteiger partial charge in [-0.1, -0.05) is 63.1 Å². The van der Waals surface area contributed by atoms with Crippen molar-refractivity contribution in [1.29, 1.82) is 0 Å². The molecule has 0 saturated heterocycles. The molecule has 0 fully saturated rings. The normalized spacial score (nSPS) is 10.9. The zero-order chi connectivity index (χ0) is 44.4. The summed E-state index contributed by atoms with van der Waals surface area (Å²) in [7, 11) is 10.9. The lowest BCUT2D eigenvalue weighted by molar-refractivity contribution is -0.890. The maximum atomic E-state index is 10.7.